The number of carbonyl (C=O) groups is 1. The molecule has 160 valence electrons. The number of piperidine rings is 1. The summed E-state index contributed by atoms with van der Waals surface area (Å²) in [6.45, 7) is 3.10. The van der Waals surface area contributed by atoms with Crippen molar-refractivity contribution in [2.24, 2.45) is 0 Å². The molecule has 0 atom stereocenters. The number of methoxy groups -OCH3 is 1. The number of amides is 2. The van der Waals surface area contributed by atoms with E-state index in [1.54, 1.807) is 4.90 Å². The van der Waals surface area contributed by atoms with E-state index in [-0.39, 0.29) is 17.8 Å². The molecule has 5 rings (SSSR count). The molecule has 2 N–H and O–H groups in total. The Bertz CT molecular complexity index is 1330. The van der Waals surface area contributed by atoms with Crippen LogP contribution in [0.2, 0.25) is 0 Å². The molecule has 0 unspecified atom stereocenters. The molecule has 1 aliphatic rings. The van der Waals surface area contributed by atoms with E-state index in [4.69, 9.17) is 4.74 Å². The van der Waals surface area contributed by atoms with E-state index in [9.17, 15) is 9.59 Å². The van der Waals surface area contributed by atoms with Gasteiger partial charge in [-0.05, 0) is 37.5 Å². The highest BCUT2D eigenvalue weighted by Gasteiger charge is 2.26. The van der Waals surface area contributed by atoms with Crippen molar-refractivity contribution < 1.29 is 9.53 Å². The van der Waals surface area contributed by atoms with Gasteiger partial charge < -0.3 is 14.6 Å². The van der Waals surface area contributed by atoms with Crippen molar-refractivity contribution >= 4 is 43.9 Å². The summed E-state index contributed by atoms with van der Waals surface area (Å²) in [6.07, 6.45) is 2.81. The minimum atomic E-state index is -0.216. The van der Waals surface area contributed by atoms with Crippen LogP contribution in [0, 0.1) is 6.92 Å². The Morgan fingerprint density at radius 1 is 1.29 bits per heavy atom. The molecule has 10 nitrogen and oxygen atoms in total. The van der Waals surface area contributed by atoms with Gasteiger partial charge in [-0.3, -0.25) is 9.88 Å². The maximum atomic E-state index is 12.7. The van der Waals surface area contributed by atoms with E-state index in [0.29, 0.717) is 47.3 Å². The van der Waals surface area contributed by atoms with Gasteiger partial charge in [-0.2, -0.15) is 4.98 Å². The molecule has 0 bridgehead atoms. The third-order valence-electron chi connectivity index (χ3n) is 5.56. The van der Waals surface area contributed by atoms with E-state index < -0.39 is 0 Å². The number of rotatable bonds is 3. The number of aromatic amines is 1. The number of nitrogens with zero attached hydrogens (tertiary/aromatic N) is 5. The van der Waals surface area contributed by atoms with E-state index in [2.05, 4.69) is 25.3 Å². The van der Waals surface area contributed by atoms with Crippen molar-refractivity contribution in [3.8, 4) is 5.88 Å². The van der Waals surface area contributed by atoms with Gasteiger partial charge >= 0.3 is 11.7 Å². The van der Waals surface area contributed by atoms with Crippen LogP contribution in [0.4, 0.5) is 9.93 Å². The quantitative estimate of drug-likeness (QED) is 0.507. The number of aromatic nitrogens is 5. The Kier molecular flexibility index (Phi) is 4.81. The highest BCUT2D eigenvalue weighted by Crippen LogP contribution is 2.30. The second kappa shape index (κ2) is 7.65. The summed E-state index contributed by atoms with van der Waals surface area (Å²) in [5.41, 5.74) is 3.28. The normalized spacial score (nSPS) is 15.0. The van der Waals surface area contributed by atoms with Gasteiger partial charge in [-0.15, -0.1) is 0 Å². The Hall–Kier alpha value is -3.47. The van der Waals surface area contributed by atoms with Gasteiger partial charge in [0.25, 0.3) is 0 Å². The smallest absolute Gasteiger partial charge is 0.326 e. The number of fused-ring (bicyclic) bond motifs is 2. The number of carbonyl (C=O) groups excluding carboxylic acids is 1. The molecule has 11 heteroatoms. The number of H-pyrrole nitrogens is 1. The van der Waals surface area contributed by atoms with Crippen LogP contribution >= 0.6 is 11.3 Å². The van der Waals surface area contributed by atoms with Crippen molar-refractivity contribution in [3.63, 3.8) is 0 Å². The summed E-state index contributed by atoms with van der Waals surface area (Å²) in [4.78, 5) is 43.2. The third kappa shape index (κ3) is 3.50. The van der Waals surface area contributed by atoms with Crippen molar-refractivity contribution in [1.29, 1.82) is 0 Å². The van der Waals surface area contributed by atoms with Gasteiger partial charge in [-0.1, -0.05) is 17.4 Å². The molecule has 1 aliphatic heterocycles. The van der Waals surface area contributed by atoms with Gasteiger partial charge in [0, 0.05) is 19.1 Å². The van der Waals surface area contributed by atoms with E-state index in [0.717, 1.165) is 16.6 Å². The lowest BCUT2D eigenvalue weighted by Gasteiger charge is -2.32. The van der Waals surface area contributed by atoms with Crippen LogP contribution in [0.5, 0.6) is 5.88 Å². The SMILES string of the molecule is COc1ncnc2sc(NC(=O)N3CCC(n4c(=O)[nH]c5cc(C)ccc54)CC3)nc12. The lowest BCUT2D eigenvalue weighted by Crippen LogP contribution is -2.42. The standard InChI is InChI=1S/C20H21N7O3S/c1-11-3-4-14-13(9-11)23-20(29)27(14)12-5-7-26(8-6-12)19(28)25-18-24-15-16(30-2)21-10-22-17(15)31-18/h3-4,9-10,12H,5-8H2,1-2H3,(H,23,29)(H,24,25,28). The molecule has 4 heterocycles. The lowest BCUT2D eigenvalue weighted by molar-refractivity contribution is 0.184. The monoisotopic (exact) mass is 439 g/mol. The second-order valence-electron chi connectivity index (χ2n) is 7.52. The number of imidazole rings is 1. The maximum Gasteiger partial charge on any atom is 0.326 e. The largest absolute Gasteiger partial charge is 0.479 e. The van der Waals surface area contributed by atoms with Gasteiger partial charge in [0.1, 0.15) is 6.33 Å². The lowest BCUT2D eigenvalue weighted by atomic mass is 10.0. The minimum absolute atomic E-state index is 0.0509. The zero-order valence-corrected chi connectivity index (χ0v) is 17.9. The fourth-order valence-electron chi connectivity index (χ4n) is 4.04. The third-order valence-corrected chi connectivity index (χ3v) is 6.44. The summed E-state index contributed by atoms with van der Waals surface area (Å²) >= 11 is 1.27. The first kappa shape index (κ1) is 19.5. The number of nitrogens with one attached hydrogen (secondary N) is 2. The van der Waals surface area contributed by atoms with Crippen molar-refractivity contribution in [2.75, 3.05) is 25.5 Å². The van der Waals surface area contributed by atoms with Gasteiger partial charge in [0.2, 0.25) is 5.88 Å². The molecule has 4 aromatic rings. The fourth-order valence-corrected chi connectivity index (χ4v) is 4.83. The van der Waals surface area contributed by atoms with Gasteiger partial charge in [-0.25, -0.2) is 19.6 Å². The first-order chi connectivity index (χ1) is 15.0. The zero-order valence-electron chi connectivity index (χ0n) is 17.1. The summed E-state index contributed by atoms with van der Waals surface area (Å²) in [7, 11) is 1.52. The van der Waals surface area contributed by atoms with E-state index >= 15 is 0 Å². The van der Waals surface area contributed by atoms with E-state index in [1.807, 2.05) is 29.7 Å². The van der Waals surface area contributed by atoms with Crippen LogP contribution in [0.15, 0.2) is 29.3 Å². The van der Waals surface area contributed by atoms with Crippen LogP contribution < -0.4 is 15.7 Å². The number of aryl methyl sites for hydroxylation is 1. The average Bonchev–Trinajstić information content (AvgIpc) is 3.32. The number of hydrogen-bond acceptors (Lipinski definition) is 7. The molecule has 1 saturated heterocycles. The summed E-state index contributed by atoms with van der Waals surface area (Å²) in [5, 5.41) is 3.29. The number of benzene rings is 1. The van der Waals surface area contributed by atoms with Crippen LogP contribution in [0.3, 0.4) is 0 Å². The predicted molar refractivity (Wildman–Crippen MR) is 118 cm³/mol. The van der Waals surface area contributed by atoms with Gasteiger partial charge in [0.05, 0.1) is 18.1 Å². The molecule has 3 aromatic heterocycles. The first-order valence-electron chi connectivity index (χ1n) is 9.96. The zero-order chi connectivity index (χ0) is 21.5. The Balaban J connectivity index is 1.28. The van der Waals surface area contributed by atoms with Gasteiger partial charge in [0.15, 0.2) is 15.5 Å². The molecule has 0 aliphatic carbocycles. The predicted octanol–water partition coefficient (Wildman–Crippen LogP) is 2.92. The number of urea groups is 1. The highest BCUT2D eigenvalue weighted by molar-refractivity contribution is 7.22. The fraction of sp³-hybridized carbons (Fsp3) is 0.350. The molecule has 31 heavy (non-hydrogen) atoms. The Morgan fingerprint density at radius 2 is 2.10 bits per heavy atom. The van der Waals surface area contributed by atoms with Crippen molar-refractivity contribution in [2.45, 2.75) is 25.8 Å². The van der Waals surface area contributed by atoms with Crippen LogP contribution in [-0.4, -0.2) is 55.6 Å². The number of thiazole rings is 1. The highest BCUT2D eigenvalue weighted by atomic mass is 32.1. The molecule has 2 amide bonds. The minimum Gasteiger partial charge on any atom is -0.479 e. The number of likely N-dealkylation sites (tertiary alicyclic amines) is 1. The molecule has 0 saturated carbocycles. The molecule has 1 fully saturated rings. The summed E-state index contributed by atoms with van der Waals surface area (Å²) in [6, 6.07) is 5.80. The Morgan fingerprint density at radius 3 is 2.87 bits per heavy atom. The summed E-state index contributed by atoms with van der Waals surface area (Å²) < 4.78 is 7.02. The van der Waals surface area contributed by atoms with E-state index in [1.165, 1.54) is 24.8 Å². The number of anilines is 1. The van der Waals surface area contributed by atoms with Crippen LogP contribution in [0.1, 0.15) is 24.4 Å². The van der Waals surface area contributed by atoms with Crippen LogP contribution in [-0.2, 0) is 0 Å². The molecule has 1 aromatic carbocycles. The molecule has 0 spiro atoms. The molecular formula is C20H21N7O3S. The Labute approximate surface area is 180 Å². The summed E-state index contributed by atoms with van der Waals surface area (Å²) in [5.74, 6) is 0.377. The maximum absolute atomic E-state index is 12.7. The number of hydrogen-bond donors (Lipinski definition) is 2. The molecule has 0 radical (unpaired) electrons. The van der Waals surface area contributed by atoms with Crippen molar-refractivity contribution in [3.05, 3.63) is 40.6 Å². The van der Waals surface area contributed by atoms with Crippen LogP contribution in [0.25, 0.3) is 21.4 Å². The first-order valence-corrected chi connectivity index (χ1v) is 10.8. The van der Waals surface area contributed by atoms with Crippen molar-refractivity contribution in [1.82, 2.24) is 29.4 Å². The number of ether oxygens (including phenoxy) is 1. The average molecular weight is 440 g/mol. The topological polar surface area (TPSA) is 118 Å². The second-order valence-corrected chi connectivity index (χ2v) is 8.50. The molecular weight excluding hydrogens is 418 g/mol.